The first-order valence-electron chi connectivity index (χ1n) is 5.75. The van der Waals surface area contributed by atoms with Crippen LogP contribution in [0.4, 0.5) is 0 Å². The summed E-state index contributed by atoms with van der Waals surface area (Å²) in [6, 6.07) is 0.579. The third kappa shape index (κ3) is 8.39. The summed E-state index contributed by atoms with van der Waals surface area (Å²) in [5.41, 5.74) is 0. The van der Waals surface area contributed by atoms with E-state index in [1.807, 2.05) is 6.92 Å². The van der Waals surface area contributed by atoms with Gasteiger partial charge in [0.2, 0.25) is 5.91 Å². The smallest absolute Gasteiger partial charge is 0.221 e. The van der Waals surface area contributed by atoms with Crippen molar-refractivity contribution in [3.8, 4) is 0 Å². The van der Waals surface area contributed by atoms with Gasteiger partial charge in [-0.25, -0.2) is 0 Å². The van der Waals surface area contributed by atoms with E-state index in [9.17, 15) is 4.79 Å². The Morgan fingerprint density at radius 1 is 1.33 bits per heavy atom. The summed E-state index contributed by atoms with van der Waals surface area (Å²) in [6.45, 7) is 9.72. The molecule has 90 valence electrons. The Kier molecular flexibility index (Phi) is 8.33. The fourth-order valence-corrected chi connectivity index (χ4v) is 1.13. The van der Waals surface area contributed by atoms with Crippen molar-refractivity contribution in [2.75, 3.05) is 33.2 Å². The van der Waals surface area contributed by atoms with Gasteiger partial charge in [0.1, 0.15) is 0 Å². The van der Waals surface area contributed by atoms with Crippen LogP contribution in [0, 0.1) is 0 Å². The molecule has 0 radical (unpaired) electrons. The molecule has 0 aromatic rings. The van der Waals surface area contributed by atoms with Crippen LogP contribution in [0.1, 0.15) is 27.2 Å². The summed E-state index contributed by atoms with van der Waals surface area (Å²) < 4.78 is 0. The zero-order valence-electron chi connectivity index (χ0n) is 10.5. The van der Waals surface area contributed by atoms with Gasteiger partial charge in [0.15, 0.2) is 0 Å². The summed E-state index contributed by atoms with van der Waals surface area (Å²) in [5.74, 6) is 0.127. The van der Waals surface area contributed by atoms with Crippen LogP contribution in [0.25, 0.3) is 0 Å². The van der Waals surface area contributed by atoms with Gasteiger partial charge in [0.05, 0.1) is 0 Å². The molecular weight excluding hydrogens is 190 g/mol. The molecule has 0 saturated heterocycles. The molecule has 0 aromatic carbocycles. The Labute approximate surface area is 93.4 Å². The van der Waals surface area contributed by atoms with Crippen LogP contribution in [0.5, 0.6) is 0 Å². The van der Waals surface area contributed by atoms with Crippen LogP contribution in [0.3, 0.4) is 0 Å². The standard InChI is InChI=1S/C11H25N3O/c1-5-13-11(15)6-7-12-8-9-14(4)10(2)3/h10,12H,5-9H2,1-4H3,(H,13,15). The van der Waals surface area contributed by atoms with Gasteiger partial charge in [-0.3, -0.25) is 4.79 Å². The number of nitrogens with zero attached hydrogens (tertiary/aromatic N) is 1. The van der Waals surface area contributed by atoms with E-state index in [1.54, 1.807) is 0 Å². The predicted molar refractivity (Wildman–Crippen MR) is 63.9 cm³/mol. The Balaban J connectivity index is 3.28. The monoisotopic (exact) mass is 215 g/mol. The molecular formula is C11H25N3O. The average Bonchev–Trinajstić information content (AvgIpc) is 2.17. The minimum absolute atomic E-state index is 0.127. The first kappa shape index (κ1) is 14.4. The Morgan fingerprint density at radius 2 is 2.00 bits per heavy atom. The molecule has 0 unspecified atom stereocenters. The highest BCUT2D eigenvalue weighted by atomic mass is 16.1. The Bertz CT molecular complexity index is 171. The van der Waals surface area contributed by atoms with Crippen LogP contribution in [0.15, 0.2) is 0 Å². The highest BCUT2D eigenvalue weighted by Crippen LogP contribution is 1.90. The van der Waals surface area contributed by atoms with Crippen LogP contribution in [0.2, 0.25) is 0 Å². The maximum absolute atomic E-state index is 11.1. The van der Waals surface area contributed by atoms with E-state index in [4.69, 9.17) is 0 Å². The number of amides is 1. The molecule has 0 bridgehead atoms. The van der Waals surface area contributed by atoms with Gasteiger partial charge in [-0.15, -0.1) is 0 Å². The van der Waals surface area contributed by atoms with E-state index in [2.05, 4.69) is 36.4 Å². The Morgan fingerprint density at radius 3 is 2.53 bits per heavy atom. The second-order valence-electron chi connectivity index (χ2n) is 4.03. The first-order valence-corrected chi connectivity index (χ1v) is 5.75. The highest BCUT2D eigenvalue weighted by molar-refractivity contribution is 5.75. The number of hydrogen-bond acceptors (Lipinski definition) is 3. The maximum atomic E-state index is 11.1. The normalized spacial score (nSPS) is 11.1. The molecule has 0 atom stereocenters. The van der Waals surface area contributed by atoms with E-state index in [0.717, 1.165) is 26.2 Å². The third-order valence-electron chi connectivity index (χ3n) is 2.43. The molecule has 0 heterocycles. The number of hydrogen-bond donors (Lipinski definition) is 2. The molecule has 0 aliphatic heterocycles. The molecule has 0 spiro atoms. The van der Waals surface area contributed by atoms with Crippen molar-refractivity contribution in [2.45, 2.75) is 33.2 Å². The van der Waals surface area contributed by atoms with Crippen molar-refractivity contribution in [3.63, 3.8) is 0 Å². The lowest BCUT2D eigenvalue weighted by Gasteiger charge is -2.20. The van der Waals surface area contributed by atoms with Gasteiger partial charge in [-0.1, -0.05) is 0 Å². The fourth-order valence-electron chi connectivity index (χ4n) is 1.13. The molecule has 0 saturated carbocycles. The average molecular weight is 215 g/mol. The molecule has 4 nitrogen and oxygen atoms in total. The molecule has 0 fully saturated rings. The molecule has 0 aromatic heterocycles. The summed E-state index contributed by atoms with van der Waals surface area (Å²) in [5, 5.41) is 6.03. The minimum atomic E-state index is 0.127. The van der Waals surface area contributed by atoms with E-state index < -0.39 is 0 Å². The second kappa shape index (κ2) is 8.68. The highest BCUT2D eigenvalue weighted by Gasteiger charge is 2.02. The molecule has 2 N–H and O–H groups in total. The predicted octanol–water partition coefficient (Wildman–Crippen LogP) is 0.442. The largest absolute Gasteiger partial charge is 0.356 e. The van der Waals surface area contributed by atoms with Gasteiger partial charge < -0.3 is 15.5 Å². The number of rotatable bonds is 8. The van der Waals surface area contributed by atoms with Gasteiger partial charge in [-0.05, 0) is 27.8 Å². The van der Waals surface area contributed by atoms with Crippen molar-refractivity contribution in [1.29, 1.82) is 0 Å². The molecule has 4 heteroatoms. The molecule has 0 aliphatic carbocycles. The summed E-state index contributed by atoms with van der Waals surface area (Å²) in [6.07, 6.45) is 0.569. The number of carbonyl (C=O) groups excluding carboxylic acids is 1. The second-order valence-corrected chi connectivity index (χ2v) is 4.03. The minimum Gasteiger partial charge on any atom is -0.356 e. The van der Waals surface area contributed by atoms with Crippen LogP contribution in [-0.4, -0.2) is 50.1 Å². The van der Waals surface area contributed by atoms with Gasteiger partial charge in [0, 0.05) is 38.6 Å². The lowest BCUT2D eigenvalue weighted by atomic mass is 10.3. The van der Waals surface area contributed by atoms with Gasteiger partial charge in [-0.2, -0.15) is 0 Å². The van der Waals surface area contributed by atoms with E-state index in [-0.39, 0.29) is 5.91 Å². The van der Waals surface area contributed by atoms with E-state index in [1.165, 1.54) is 0 Å². The van der Waals surface area contributed by atoms with Crippen LogP contribution < -0.4 is 10.6 Å². The number of likely N-dealkylation sites (N-methyl/N-ethyl adjacent to an activating group) is 1. The van der Waals surface area contributed by atoms with Crippen LogP contribution >= 0.6 is 0 Å². The quantitative estimate of drug-likeness (QED) is 0.578. The van der Waals surface area contributed by atoms with Crippen molar-refractivity contribution >= 4 is 5.91 Å². The topological polar surface area (TPSA) is 44.4 Å². The Hall–Kier alpha value is -0.610. The lowest BCUT2D eigenvalue weighted by Crippen LogP contribution is -2.35. The maximum Gasteiger partial charge on any atom is 0.221 e. The molecule has 0 aliphatic rings. The van der Waals surface area contributed by atoms with E-state index >= 15 is 0 Å². The van der Waals surface area contributed by atoms with Gasteiger partial charge >= 0.3 is 0 Å². The van der Waals surface area contributed by atoms with Crippen LogP contribution in [-0.2, 0) is 4.79 Å². The molecule has 15 heavy (non-hydrogen) atoms. The van der Waals surface area contributed by atoms with Crippen molar-refractivity contribution in [1.82, 2.24) is 15.5 Å². The molecule has 1 amide bonds. The summed E-state index contributed by atoms with van der Waals surface area (Å²) >= 11 is 0. The molecule has 0 rings (SSSR count). The lowest BCUT2D eigenvalue weighted by molar-refractivity contribution is -0.120. The van der Waals surface area contributed by atoms with Crippen molar-refractivity contribution in [2.24, 2.45) is 0 Å². The zero-order chi connectivity index (χ0) is 11.7. The summed E-state index contributed by atoms with van der Waals surface area (Å²) in [4.78, 5) is 13.4. The fraction of sp³-hybridized carbons (Fsp3) is 0.909. The number of carbonyl (C=O) groups is 1. The first-order chi connectivity index (χ1) is 7.07. The van der Waals surface area contributed by atoms with Crippen molar-refractivity contribution in [3.05, 3.63) is 0 Å². The SMILES string of the molecule is CCNC(=O)CCNCCN(C)C(C)C. The number of nitrogens with one attached hydrogen (secondary N) is 2. The van der Waals surface area contributed by atoms with E-state index in [0.29, 0.717) is 12.5 Å². The summed E-state index contributed by atoms with van der Waals surface area (Å²) in [7, 11) is 2.11. The third-order valence-corrected chi connectivity index (χ3v) is 2.43. The van der Waals surface area contributed by atoms with Crippen molar-refractivity contribution < 1.29 is 4.79 Å². The van der Waals surface area contributed by atoms with Gasteiger partial charge in [0.25, 0.3) is 0 Å². The zero-order valence-corrected chi connectivity index (χ0v) is 10.5.